The molecule has 116 valence electrons. The highest BCUT2D eigenvalue weighted by molar-refractivity contribution is 7.88. The van der Waals surface area contributed by atoms with Crippen molar-refractivity contribution in [2.75, 3.05) is 5.32 Å². The molecule has 1 saturated carbocycles. The Bertz CT molecular complexity index is 598. The second-order valence-corrected chi connectivity index (χ2v) is 7.23. The molecule has 1 aromatic carbocycles. The van der Waals surface area contributed by atoms with Gasteiger partial charge in [0.15, 0.2) is 0 Å². The maximum atomic E-state index is 11.9. The lowest BCUT2D eigenvalue weighted by molar-refractivity contribution is -0.117. The van der Waals surface area contributed by atoms with Gasteiger partial charge in [-0.05, 0) is 36.5 Å². The minimum atomic E-state index is -3.54. The van der Waals surface area contributed by atoms with Crippen molar-refractivity contribution in [2.45, 2.75) is 37.5 Å². The fourth-order valence-electron chi connectivity index (χ4n) is 2.69. The zero-order valence-corrected chi connectivity index (χ0v) is 12.6. The first-order valence-corrected chi connectivity index (χ1v) is 8.70. The smallest absolute Gasteiger partial charge is 0.224 e. The highest BCUT2D eigenvalue weighted by Gasteiger charge is 2.25. The molecule has 2 atom stereocenters. The van der Waals surface area contributed by atoms with E-state index < -0.39 is 10.0 Å². The molecule has 1 fully saturated rings. The molecule has 0 heterocycles. The number of hydrogen-bond donors (Lipinski definition) is 3. The Kier molecular flexibility index (Phi) is 4.97. The minimum Gasteiger partial charge on any atom is -0.327 e. The van der Waals surface area contributed by atoms with Crippen LogP contribution in [0.15, 0.2) is 24.3 Å². The Hall–Kier alpha value is -1.44. The number of carbonyl (C=O) groups excluding carboxylic acids is 1. The SMILES string of the molecule is N[C@@H]1CCC[C@H]1CC(=O)Nc1ccc(CS(N)(=O)=O)cc1. The molecule has 2 rings (SSSR count). The van der Waals surface area contributed by atoms with Crippen LogP contribution in [-0.2, 0) is 20.6 Å². The number of carbonyl (C=O) groups is 1. The lowest BCUT2D eigenvalue weighted by Crippen LogP contribution is -2.28. The van der Waals surface area contributed by atoms with E-state index in [4.69, 9.17) is 10.9 Å². The maximum Gasteiger partial charge on any atom is 0.224 e. The quantitative estimate of drug-likeness (QED) is 0.750. The predicted molar refractivity (Wildman–Crippen MR) is 81.8 cm³/mol. The monoisotopic (exact) mass is 311 g/mol. The van der Waals surface area contributed by atoms with E-state index in [1.54, 1.807) is 24.3 Å². The number of rotatable bonds is 5. The van der Waals surface area contributed by atoms with Crippen molar-refractivity contribution < 1.29 is 13.2 Å². The number of anilines is 1. The normalized spacial score (nSPS) is 22.2. The fourth-order valence-corrected chi connectivity index (χ4v) is 3.34. The largest absolute Gasteiger partial charge is 0.327 e. The summed E-state index contributed by atoms with van der Waals surface area (Å²) in [7, 11) is -3.54. The van der Waals surface area contributed by atoms with Crippen LogP contribution >= 0.6 is 0 Å². The summed E-state index contributed by atoms with van der Waals surface area (Å²) < 4.78 is 22.0. The van der Waals surface area contributed by atoms with E-state index >= 15 is 0 Å². The van der Waals surface area contributed by atoms with Gasteiger partial charge in [0, 0.05) is 18.2 Å². The van der Waals surface area contributed by atoms with Gasteiger partial charge in [0.1, 0.15) is 0 Å². The van der Waals surface area contributed by atoms with E-state index in [9.17, 15) is 13.2 Å². The topological polar surface area (TPSA) is 115 Å². The first-order chi connectivity index (χ1) is 9.83. The third-order valence-electron chi connectivity index (χ3n) is 3.77. The molecule has 0 aliphatic heterocycles. The summed E-state index contributed by atoms with van der Waals surface area (Å²) in [6.07, 6.45) is 3.50. The second kappa shape index (κ2) is 6.55. The summed E-state index contributed by atoms with van der Waals surface area (Å²) in [5.74, 6) is -0.0128. The lowest BCUT2D eigenvalue weighted by Gasteiger charge is -2.14. The zero-order chi connectivity index (χ0) is 15.5. The van der Waals surface area contributed by atoms with Gasteiger partial charge < -0.3 is 11.1 Å². The van der Waals surface area contributed by atoms with E-state index in [1.807, 2.05) is 0 Å². The van der Waals surface area contributed by atoms with Gasteiger partial charge in [0.2, 0.25) is 15.9 Å². The van der Waals surface area contributed by atoms with Gasteiger partial charge in [-0.25, -0.2) is 13.6 Å². The highest BCUT2D eigenvalue weighted by Crippen LogP contribution is 2.27. The predicted octanol–water partition coefficient (Wildman–Crippen LogP) is 0.931. The third-order valence-corrected chi connectivity index (χ3v) is 4.51. The van der Waals surface area contributed by atoms with E-state index in [1.165, 1.54) is 0 Å². The van der Waals surface area contributed by atoms with Gasteiger partial charge in [-0.15, -0.1) is 0 Å². The van der Waals surface area contributed by atoms with Crippen LogP contribution in [0.4, 0.5) is 5.69 Å². The molecule has 0 radical (unpaired) electrons. The molecule has 0 saturated heterocycles. The van der Waals surface area contributed by atoms with Gasteiger partial charge in [-0.1, -0.05) is 18.6 Å². The fraction of sp³-hybridized carbons (Fsp3) is 0.500. The van der Waals surface area contributed by atoms with Crippen molar-refractivity contribution in [3.05, 3.63) is 29.8 Å². The number of nitrogens with one attached hydrogen (secondary N) is 1. The summed E-state index contributed by atoms with van der Waals surface area (Å²) in [5.41, 5.74) is 7.18. The van der Waals surface area contributed by atoms with Gasteiger partial charge in [-0.2, -0.15) is 0 Å². The van der Waals surface area contributed by atoms with Crippen molar-refractivity contribution in [1.29, 1.82) is 0 Å². The lowest BCUT2D eigenvalue weighted by atomic mass is 10.00. The molecule has 7 heteroatoms. The van der Waals surface area contributed by atoms with Crippen molar-refractivity contribution in [3.63, 3.8) is 0 Å². The van der Waals surface area contributed by atoms with Gasteiger partial charge in [-0.3, -0.25) is 4.79 Å². The summed E-state index contributed by atoms with van der Waals surface area (Å²) in [6.45, 7) is 0. The van der Waals surface area contributed by atoms with E-state index in [0.29, 0.717) is 17.7 Å². The second-order valence-electron chi connectivity index (χ2n) is 5.61. The van der Waals surface area contributed by atoms with Crippen molar-refractivity contribution in [3.8, 4) is 0 Å². The van der Waals surface area contributed by atoms with E-state index in [-0.39, 0.29) is 23.6 Å². The van der Waals surface area contributed by atoms with Crippen LogP contribution in [0, 0.1) is 5.92 Å². The van der Waals surface area contributed by atoms with Gasteiger partial charge >= 0.3 is 0 Å². The van der Waals surface area contributed by atoms with Crippen molar-refractivity contribution >= 4 is 21.6 Å². The first kappa shape index (κ1) is 15.9. The Morgan fingerprint density at radius 1 is 1.24 bits per heavy atom. The number of nitrogens with two attached hydrogens (primary N) is 2. The molecule has 1 aliphatic rings. The van der Waals surface area contributed by atoms with E-state index in [2.05, 4.69) is 5.32 Å². The van der Waals surface area contributed by atoms with Crippen LogP contribution in [-0.4, -0.2) is 20.4 Å². The Labute approximate surface area is 124 Å². The standard InChI is InChI=1S/C14H21N3O3S/c15-13-3-1-2-11(13)8-14(18)17-12-6-4-10(5-7-12)9-21(16,19)20/h4-7,11,13H,1-3,8-9,15H2,(H,17,18)(H2,16,19,20)/t11-,13+/m0/s1. The molecular weight excluding hydrogens is 290 g/mol. The summed E-state index contributed by atoms with van der Waals surface area (Å²) >= 11 is 0. The third kappa shape index (κ3) is 5.11. The molecule has 0 bridgehead atoms. The van der Waals surface area contributed by atoms with Crippen LogP contribution in [0.2, 0.25) is 0 Å². The maximum absolute atomic E-state index is 11.9. The van der Waals surface area contributed by atoms with Gasteiger partial charge in [0.05, 0.1) is 5.75 Å². The number of benzene rings is 1. The van der Waals surface area contributed by atoms with Crippen LogP contribution in [0.5, 0.6) is 0 Å². The molecule has 5 N–H and O–H groups in total. The molecular formula is C14H21N3O3S. The molecule has 21 heavy (non-hydrogen) atoms. The van der Waals surface area contributed by atoms with Crippen LogP contribution in [0.25, 0.3) is 0 Å². The van der Waals surface area contributed by atoms with Crippen molar-refractivity contribution in [2.24, 2.45) is 16.8 Å². The minimum absolute atomic E-state index is 0.0588. The van der Waals surface area contributed by atoms with Crippen LogP contribution in [0.3, 0.4) is 0 Å². The molecule has 0 aromatic heterocycles. The number of primary sulfonamides is 1. The zero-order valence-electron chi connectivity index (χ0n) is 11.8. The average molecular weight is 311 g/mol. The molecule has 1 amide bonds. The van der Waals surface area contributed by atoms with Crippen LogP contribution < -0.4 is 16.2 Å². The van der Waals surface area contributed by atoms with Crippen molar-refractivity contribution in [1.82, 2.24) is 0 Å². The van der Waals surface area contributed by atoms with Crippen LogP contribution in [0.1, 0.15) is 31.2 Å². The molecule has 1 aliphatic carbocycles. The summed E-state index contributed by atoms with van der Waals surface area (Å²) in [4.78, 5) is 11.9. The molecule has 1 aromatic rings. The summed E-state index contributed by atoms with van der Waals surface area (Å²) in [6, 6.07) is 6.75. The Balaban J connectivity index is 1.89. The highest BCUT2D eigenvalue weighted by atomic mass is 32.2. The Morgan fingerprint density at radius 3 is 2.43 bits per heavy atom. The number of sulfonamides is 1. The molecule has 6 nitrogen and oxygen atoms in total. The average Bonchev–Trinajstić information content (AvgIpc) is 2.76. The number of hydrogen-bond acceptors (Lipinski definition) is 4. The first-order valence-electron chi connectivity index (χ1n) is 6.98. The molecule has 0 unspecified atom stereocenters. The van der Waals surface area contributed by atoms with Gasteiger partial charge in [0.25, 0.3) is 0 Å². The Morgan fingerprint density at radius 2 is 1.90 bits per heavy atom. The van der Waals surface area contributed by atoms with E-state index in [0.717, 1.165) is 19.3 Å². The summed E-state index contributed by atoms with van der Waals surface area (Å²) in [5, 5.41) is 7.79. The number of amides is 1. The molecule has 0 spiro atoms.